The molecule has 2 nitrogen and oxygen atoms in total. The second-order valence-electron chi connectivity index (χ2n) is 4.48. The minimum atomic E-state index is -0.421. The van der Waals surface area contributed by atoms with Crippen LogP contribution in [0.4, 0.5) is 8.78 Å². The van der Waals surface area contributed by atoms with Gasteiger partial charge in [-0.2, -0.15) is 0 Å². The Kier molecular flexibility index (Phi) is 4.32. The number of likely N-dealkylation sites (N-methyl/N-ethyl adjacent to an activating group) is 1. The fourth-order valence-corrected chi connectivity index (χ4v) is 2.21. The molecule has 19 heavy (non-hydrogen) atoms. The number of halogens is 2. The van der Waals surface area contributed by atoms with E-state index in [1.807, 2.05) is 19.9 Å². The van der Waals surface area contributed by atoms with Crippen LogP contribution in [0.25, 0.3) is 0 Å². The Balaban J connectivity index is 2.26. The summed E-state index contributed by atoms with van der Waals surface area (Å²) < 4.78 is 32.2. The zero-order valence-electron chi connectivity index (χ0n) is 11.0. The number of aryl methyl sites for hydroxylation is 1. The lowest BCUT2D eigenvalue weighted by molar-refractivity contribution is 0.493. The molecule has 0 saturated carbocycles. The minimum Gasteiger partial charge on any atom is -0.469 e. The first-order chi connectivity index (χ1) is 9.11. The molecule has 2 rings (SSSR count). The van der Waals surface area contributed by atoms with Crippen molar-refractivity contribution >= 4 is 0 Å². The van der Waals surface area contributed by atoms with E-state index in [9.17, 15) is 8.78 Å². The number of hydrogen-bond donors (Lipinski definition) is 1. The molecule has 0 aliphatic rings. The summed E-state index contributed by atoms with van der Waals surface area (Å²) in [6, 6.07) is 5.31. The lowest BCUT2D eigenvalue weighted by atomic mass is 9.99. The highest BCUT2D eigenvalue weighted by molar-refractivity contribution is 5.26. The van der Waals surface area contributed by atoms with Gasteiger partial charge < -0.3 is 9.73 Å². The zero-order chi connectivity index (χ0) is 13.8. The van der Waals surface area contributed by atoms with Crippen molar-refractivity contribution < 1.29 is 13.2 Å². The smallest absolute Gasteiger partial charge is 0.126 e. The lowest BCUT2D eigenvalue weighted by Gasteiger charge is -2.18. The first kappa shape index (κ1) is 13.7. The summed E-state index contributed by atoms with van der Waals surface area (Å²) >= 11 is 0. The summed E-state index contributed by atoms with van der Waals surface area (Å²) in [4.78, 5) is 0. The molecule has 0 fully saturated rings. The summed E-state index contributed by atoms with van der Waals surface area (Å²) in [7, 11) is 0. The normalized spacial score (nSPS) is 12.6. The molecule has 0 saturated heterocycles. The highest BCUT2D eigenvalue weighted by atomic mass is 19.1. The van der Waals surface area contributed by atoms with Crippen LogP contribution >= 0.6 is 0 Å². The van der Waals surface area contributed by atoms with Crippen LogP contribution < -0.4 is 5.32 Å². The monoisotopic (exact) mass is 265 g/mol. The quantitative estimate of drug-likeness (QED) is 0.890. The van der Waals surface area contributed by atoms with Crippen LogP contribution in [0.1, 0.15) is 29.9 Å². The van der Waals surface area contributed by atoms with Gasteiger partial charge >= 0.3 is 0 Å². The van der Waals surface area contributed by atoms with Gasteiger partial charge in [0.25, 0.3) is 0 Å². The summed E-state index contributed by atoms with van der Waals surface area (Å²) in [5.74, 6) is -0.0104. The summed E-state index contributed by atoms with van der Waals surface area (Å²) in [5.41, 5.74) is 1.34. The van der Waals surface area contributed by atoms with Gasteiger partial charge in [0.1, 0.15) is 17.4 Å². The highest BCUT2D eigenvalue weighted by Gasteiger charge is 2.17. The minimum absolute atomic E-state index is 0.0833. The van der Waals surface area contributed by atoms with Gasteiger partial charge in [-0.05, 0) is 49.7 Å². The van der Waals surface area contributed by atoms with Crippen LogP contribution in [0.15, 0.2) is 34.9 Å². The van der Waals surface area contributed by atoms with Crippen molar-refractivity contribution in [3.63, 3.8) is 0 Å². The molecule has 0 spiro atoms. The van der Waals surface area contributed by atoms with Crippen molar-refractivity contribution in [1.82, 2.24) is 5.32 Å². The summed E-state index contributed by atoms with van der Waals surface area (Å²) in [6.45, 7) is 4.58. The van der Waals surface area contributed by atoms with Crippen molar-refractivity contribution in [2.45, 2.75) is 26.3 Å². The van der Waals surface area contributed by atoms with Crippen LogP contribution in [0.3, 0.4) is 0 Å². The average Bonchev–Trinajstić information content (AvgIpc) is 2.79. The van der Waals surface area contributed by atoms with Crippen LogP contribution in [-0.2, 0) is 6.42 Å². The Labute approximate surface area is 111 Å². The predicted octanol–water partition coefficient (Wildman–Crippen LogP) is 3.76. The predicted molar refractivity (Wildman–Crippen MR) is 69.9 cm³/mol. The van der Waals surface area contributed by atoms with E-state index >= 15 is 0 Å². The maximum Gasteiger partial charge on any atom is 0.126 e. The number of furan rings is 1. The van der Waals surface area contributed by atoms with Crippen LogP contribution in [0.2, 0.25) is 0 Å². The van der Waals surface area contributed by atoms with Crippen molar-refractivity contribution in [2.24, 2.45) is 0 Å². The average molecular weight is 265 g/mol. The van der Waals surface area contributed by atoms with E-state index in [2.05, 4.69) is 5.32 Å². The maximum absolute atomic E-state index is 13.7. The molecule has 1 atom stereocenters. The van der Waals surface area contributed by atoms with Gasteiger partial charge in [0, 0.05) is 11.6 Å². The van der Waals surface area contributed by atoms with Gasteiger partial charge in [0.05, 0.1) is 6.26 Å². The molecule has 2 aromatic rings. The molecule has 0 bridgehead atoms. The third-order valence-corrected chi connectivity index (χ3v) is 3.16. The fraction of sp³-hybridized carbons (Fsp3) is 0.333. The Morgan fingerprint density at radius 2 is 2.05 bits per heavy atom. The van der Waals surface area contributed by atoms with Crippen molar-refractivity contribution in [3.8, 4) is 0 Å². The number of hydrogen-bond acceptors (Lipinski definition) is 2. The summed E-state index contributed by atoms with van der Waals surface area (Å²) in [5, 5.41) is 3.27. The fourth-order valence-electron chi connectivity index (χ4n) is 2.21. The van der Waals surface area contributed by atoms with E-state index in [0.29, 0.717) is 12.0 Å². The van der Waals surface area contributed by atoms with Crippen LogP contribution in [-0.4, -0.2) is 6.54 Å². The largest absolute Gasteiger partial charge is 0.469 e. The van der Waals surface area contributed by atoms with E-state index in [4.69, 9.17) is 4.42 Å². The third-order valence-electron chi connectivity index (χ3n) is 3.16. The number of rotatable bonds is 5. The Morgan fingerprint density at radius 1 is 1.26 bits per heavy atom. The first-order valence-electron chi connectivity index (χ1n) is 6.33. The molecule has 0 aliphatic heterocycles. The molecule has 0 amide bonds. The molecule has 102 valence electrons. The van der Waals surface area contributed by atoms with Gasteiger partial charge in [0.2, 0.25) is 0 Å². The molecule has 1 N–H and O–H groups in total. The first-order valence-corrected chi connectivity index (χ1v) is 6.33. The van der Waals surface area contributed by atoms with Crippen LogP contribution in [0, 0.1) is 18.6 Å². The van der Waals surface area contributed by atoms with Gasteiger partial charge in [0.15, 0.2) is 0 Å². The van der Waals surface area contributed by atoms with Gasteiger partial charge in [-0.15, -0.1) is 0 Å². The van der Waals surface area contributed by atoms with Crippen molar-refractivity contribution in [3.05, 3.63) is 59.1 Å². The molecule has 4 heteroatoms. The number of nitrogens with one attached hydrogen (secondary N) is 1. The van der Waals surface area contributed by atoms with Gasteiger partial charge in [-0.3, -0.25) is 0 Å². The van der Waals surface area contributed by atoms with Crippen molar-refractivity contribution in [2.75, 3.05) is 6.54 Å². The van der Waals surface area contributed by atoms with E-state index in [1.165, 1.54) is 6.07 Å². The molecule has 0 radical (unpaired) electrons. The SMILES string of the molecule is CCNC(Cc1cc(F)ccc1F)c1ccoc1C. The van der Waals surface area contributed by atoms with Crippen LogP contribution in [0.5, 0.6) is 0 Å². The lowest BCUT2D eigenvalue weighted by Crippen LogP contribution is -2.23. The Bertz CT molecular complexity index is 551. The molecule has 1 aromatic heterocycles. The zero-order valence-corrected chi connectivity index (χ0v) is 11.0. The van der Waals surface area contributed by atoms with Gasteiger partial charge in [-0.25, -0.2) is 8.78 Å². The Hall–Kier alpha value is -1.68. The van der Waals surface area contributed by atoms with E-state index in [-0.39, 0.29) is 11.9 Å². The second kappa shape index (κ2) is 5.97. The molecule has 1 unspecified atom stereocenters. The van der Waals surface area contributed by atoms with E-state index < -0.39 is 5.82 Å². The number of benzene rings is 1. The second-order valence-corrected chi connectivity index (χ2v) is 4.48. The topological polar surface area (TPSA) is 25.2 Å². The van der Waals surface area contributed by atoms with Crippen molar-refractivity contribution in [1.29, 1.82) is 0 Å². The third kappa shape index (κ3) is 3.20. The molecule has 1 aromatic carbocycles. The highest BCUT2D eigenvalue weighted by Crippen LogP contribution is 2.24. The Morgan fingerprint density at radius 3 is 2.68 bits per heavy atom. The standard InChI is InChI=1S/C15H17F2NO/c1-3-18-15(13-6-7-19-10(13)2)9-11-8-12(16)4-5-14(11)17/h4-8,15,18H,3,9H2,1-2H3. The maximum atomic E-state index is 13.7. The molecule has 1 heterocycles. The molecular weight excluding hydrogens is 248 g/mol. The summed E-state index contributed by atoms with van der Waals surface area (Å²) in [6.07, 6.45) is 1.99. The van der Waals surface area contributed by atoms with Gasteiger partial charge in [-0.1, -0.05) is 6.92 Å². The molecule has 0 aliphatic carbocycles. The van der Waals surface area contributed by atoms with E-state index in [0.717, 1.165) is 30.0 Å². The molecular formula is C15H17F2NO. The van der Waals surface area contributed by atoms with E-state index in [1.54, 1.807) is 6.26 Å².